The Morgan fingerprint density at radius 1 is 1.33 bits per heavy atom. The van der Waals surface area contributed by atoms with Gasteiger partial charge in [0.1, 0.15) is 0 Å². The monoisotopic (exact) mass is 369 g/mol. The highest BCUT2D eigenvalue weighted by Crippen LogP contribution is 2.15. The Bertz CT molecular complexity index is 671. The molecule has 3 N–H and O–H groups in total. The number of aliphatic imine (C=N–C) groups is 1. The van der Waals surface area contributed by atoms with Crippen molar-refractivity contribution in [3.63, 3.8) is 0 Å². The molecule has 1 saturated heterocycles. The molecule has 1 amide bonds. The van der Waals surface area contributed by atoms with E-state index >= 15 is 0 Å². The molecule has 0 saturated carbocycles. The van der Waals surface area contributed by atoms with Crippen molar-refractivity contribution in [1.29, 1.82) is 0 Å². The predicted octanol–water partition coefficient (Wildman–Crippen LogP) is 1.89. The summed E-state index contributed by atoms with van der Waals surface area (Å²) in [5.41, 5.74) is 1.43. The zero-order chi connectivity index (χ0) is 19.5. The summed E-state index contributed by atoms with van der Waals surface area (Å²) in [5, 5.41) is 9.12. The quantitative estimate of drug-likeness (QED) is 0.297. The lowest BCUT2D eigenvalue weighted by Gasteiger charge is -2.30. The summed E-state index contributed by atoms with van der Waals surface area (Å²) in [7, 11) is 1.70. The van der Waals surface area contributed by atoms with Gasteiger partial charge in [0, 0.05) is 24.8 Å². The van der Waals surface area contributed by atoms with Gasteiger partial charge in [-0.3, -0.25) is 9.79 Å². The molecular weight excluding hydrogens is 338 g/mol. The number of piperidine rings is 1. The number of carbonyl (C=O) groups excluding carboxylic acids is 1. The van der Waals surface area contributed by atoms with Gasteiger partial charge in [0.2, 0.25) is 5.91 Å². The van der Waals surface area contributed by atoms with Gasteiger partial charge in [0.25, 0.3) is 0 Å². The van der Waals surface area contributed by atoms with E-state index in [9.17, 15) is 4.79 Å². The first-order chi connectivity index (χ1) is 13.1. The van der Waals surface area contributed by atoms with E-state index < -0.39 is 0 Å². The maximum atomic E-state index is 12.1. The standard InChI is InChI=1S/C21H31N5O/c1-4-18-7-5-8-19(15-18)25-20(27)16-24-21(22-3)23-11-6-12-26-13-9-17(2)10-14-26/h1,5,7-8,15,17H,6,9-14,16H2,2-3H3,(H,25,27)(H2,22,23,24). The summed E-state index contributed by atoms with van der Waals surface area (Å²) >= 11 is 0. The van der Waals surface area contributed by atoms with Crippen molar-refractivity contribution >= 4 is 17.6 Å². The van der Waals surface area contributed by atoms with E-state index in [1.807, 2.05) is 18.2 Å². The second-order valence-electron chi connectivity index (χ2n) is 7.00. The zero-order valence-electron chi connectivity index (χ0n) is 16.4. The fourth-order valence-electron chi connectivity index (χ4n) is 3.07. The lowest BCUT2D eigenvalue weighted by Crippen LogP contribution is -2.42. The molecule has 0 spiro atoms. The van der Waals surface area contributed by atoms with Crippen LogP contribution in [0.1, 0.15) is 31.7 Å². The number of guanidine groups is 1. The van der Waals surface area contributed by atoms with E-state index in [0.717, 1.165) is 31.0 Å². The number of hydrogen-bond donors (Lipinski definition) is 3. The molecule has 1 heterocycles. The largest absolute Gasteiger partial charge is 0.356 e. The minimum atomic E-state index is -0.144. The maximum Gasteiger partial charge on any atom is 0.243 e. The van der Waals surface area contributed by atoms with Crippen molar-refractivity contribution in [3.05, 3.63) is 29.8 Å². The van der Waals surface area contributed by atoms with Crippen molar-refractivity contribution in [1.82, 2.24) is 15.5 Å². The SMILES string of the molecule is C#Cc1cccc(NC(=O)CNC(=NC)NCCCN2CCC(C)CC2)c1. The van der Waals surface area contributed by atoms with Gasteiger partial charge in [-0.05, 0) is 63.0 Å². The Balaban J connectivity index is 1.63. The minimum absolute atomic E-state index is 0.143. The average Bonchev–Trinajstić information content (AvgIpc) is 2.69. The Labute approximate surface area is 162 Å². The highest BCUT2D eigenvalue weighted by molar-refractivity contribution is 5.95. The molecule has 0 aliphatic carbocycles. The van der Waals surface area contributed by atoms with E-state index in [1.54, 1.807) is 13.1 Å². The lowest BCUT2D eigenvalue weighted by atomic mass is 9.99. The number of anilines is 1. The van der Waals surface area contributed by atoms with Crippen molar-refractivity contribution in [3.8, 4) is 12.3 Å². The summed E-state index contributed by atoms with van der Waals surface area (Å²) in [4.78, 5) is 18.8. The predicted molar refractivity (Wildman–Crippen MR) is 112 cm³/mol. The van der Waals surface area contributed by atoms with Crippen molar-refractivity contribution < 1.29 is 4.79 Å². The van der Waals surface area contributed by atoms with Crippen molar-refractivity contribution in [2.24, 2.45) is 10.9 Å². The highest BCUT2D eigenvalue weighted by atomic mass is 16.1. The van der Waals surface area contributed by atoms with Gasteiger partial charge < -0.3 is 20.9 Å². The molecule has 0 radical (unpaired) electrons. The second-order valence-corrected chi connectivity index (χ2v) is 7.00. The fourth-order valence-corrected chi connectivity index (χ4v) is 3.07. The molecule has 146 valence electrons. The molecule has 1 aliphatic rings. The Morgan fingerprint density at radius 2 is 2.11 bits per heavy atom. The number of nitrogens with one attached hydrogen (secondary N) is 3. The molecule has 0 atom stereocenters. The van der Waals surface area contributed by atoms with Crippen LogP contribution in [0.3, 0.4) is 0 Å². The van der Waals surface area contributed by atoms with E-state index in [2.05, 4.69) is 38.7 Å². The Hall–Kier alpha value is -2.52. The topological polar surface area (TPSA) is 68.8 Å². The average molecular weight is 370 g/mol. The van der Waals surface area contributed by atoms with Crippen LogP contribution in [0.25, 0.3) is 0 Å². The molecule has 1 aromatic rings. The first-order valence-electron chi connectivity index (χ1n) is 9.64. The van der Waals surface area contributed by atoms with Gasteiger partial charge in [0.15, 0.2) is 5.96 Å². The van der Waals surface area contributed by atoms with Crippen LogP contribution in [-0.4, -0.2) is 56.5 Å². The van der Waals surface area contributed by atoms with Crippen LogP contribution >= 0.6 is 0 Å². The fraction of sp³-hybridized carbons (Fsp3) is 0.524. The smallest absolute Gasteiger partial charge is 0.243 e. The van der Waals surface area contributed by atoms with Crippen LogP contribution < -0.4 is 16.0 Å². The van der Waals surface area contributed by atoms with Gasteiger partial charge in [0.05, 0.1) is 6.54 Å². The third kappa shape index (κ3) is 7.71. The van der Waals surface area contributed by atoms with Gasteiger partial charge in [-0.25, -0.2) is 0 Å². The number of amides is 1. The van der Waals surface area contributed by atoms with Crippen LogP contribution in [0.4, 0.5) is 5.69 Å². The van der Waals surface area contributed by atoms with E-state index in [0.29, 0.717) is 11.6 Å². The van der Waals surface area contributed by atoms with Crippen LogP contribution in [0.15, 0.2) is 29.3 Å². The first kappa shape index (κ1) is 20.8. The number of hydrogen-bond acceptors (Lipinski definition) is 3. The maximum absolute atomic E-state index is 12.1. The number of nitrogens with zero attached hydrogens (tertiary/aromatic N) is 2. The molecule has 0 unspecified atom stereocenters. The van der Waals surface area contributed by atoms with Gasteiger partial charge in [-0.15, -0.1) is 6.42 Å². The highest BCUT2D eigenvalue weighted by Gasteiger charge is 2.14. The van der Waals surface area contributed by atoms with E-state index in [-0.39, 0.29) is 12.5 Å². The van der Waals surface area contributed by atoms with Gasteiger partial charge in [-0.2, -0.15) is 0 Å². The molecule has 27 heavy (non-hydrogen) atoms. The number of likely N-dealkylation sites (tertiary alicyclic amines) is 1. The van der Waals surface area contributed by atoms with E-state index in [1.165, 1.54) is 25.9 Å². The Kier molecular flexibility index (Phi) is 8.66. The number of rotatable bonds is 7. The molecular formula is C21H31N5O. The van der Waals surface area contributed by atoms with E-state index in [4.69, 9.17) is 6.42 Å². The summed E-state index contributed by atoms with van der Waals surface area (Å²) < 4.78 is 0. The molecule has 1 fully saturated rings. The molecule has 0 aromatic heterocycles. The first-order valence-corrected chi connectivity index (χ1v) is 9.64. The Morgan fingerprint density at radius 3 is 2.81 bits per heavy atom. The summed E-state index contributed by atoms with van der Waals surface area (Å²) in [6.45, 7) is 6.81. The molecule has 1 aromatic carbocycles. The third-order valence-electron chi connectivity index (χ3n) is 4.77. The number of terminal acetylenes is 1. The summed E-state index contributed by atoms with van der Waals surface area (Å²) in [5.74, 6) is 3.91. The van der Waals surface area contributed by atoms with Crippen molar-refractivity contribution in [2.75, 3.05) is 45.1 Å². The summed E-state index contributed by atoms with van der Waals surface area (Å²) in [6.07, 6.45) is 9.03. The van der Waals surface area contributed by atoms with Crippen LogP contribution in [0.5, 0.6) is 0 Å². The normalized spacial score (nSPS) is 15.8. The van der Waals surface area contributed by atoms with Gasteiger partial charge in [-0.1, -0.05) is 18.9 Å². The van der Waals surface area contributed by atoms with Crippen LogP contribution in [0, 0.1) is 18.3 Å². The van der Waals surface area contributed by atoms with Crippen molar-refractivity contribution in [2.45, 2.75) is 26.2 Å². The zero-order valence-corrected chi connectivity index (χ0v) is 16.4. The molecule has 6 heteroatoms. The third-order valence-corrected chi connectivity index (χ3v) is 4.77. The van der Waals surface area contributed by atoms with Gasteiger partial charge >= 0.3 is 0 Å². The number of carbonyl (C=O) groups is 1. The second kappa shape index (κ2) is 11.2. The summed E-state index contributed by atoms with van der Waals surface area (Å²) in [6, 6.07) is 7.23. The van der Waals surface area contributed by atoms with Crippen LogP contribution in [0.2, 0.25) is 0 Å². The lowest BCUT2D eigenvalue weighted by molar-refractivity contribution is -0.115. The minimum Gasteiger partial charge on any atom is -0.356 e. The number of benzene rings is 1. The molecule has 1 aliphatic heterocycles. The van der Waals surface area contributed by atoms with Crippen LogP contribution in [-0.2, 0) is 4.79 Å². The molecule has 2 rings (SSSR count). The molecule has 6 nitrogen and oxygen atoms in total. The molecule has 0 bridgehead atoms.